The average molecular weight is 497 g/mol. The van der Waals surface area contributed by atoms with Crippen LogP contribution in [0.25, 0.3) is 0 Å². The van der Waals surface area contributed by atoms with Gasteiger partial charge in [-0.2, -0.15) is 0 Å². The molecule has 0 saturated heterocycles. The Morgan fingerprint density at radius 1 is 0.812 bits per heavy atom. The molecule has 0 fully saturated rings. The van der Waals surface area contributed by atoms with Crippen molar-refractivity contribution in [3.05, 3.63) is 47.3 Å². The van der Waals surface area contributed by atoms with Crippen molar-refractivity contribution in [3.8, 4) is 11.5 Å². The van der Waals surface area contributed by atoms with Crippen LogP contribution >= 0.6 is 24.8 Å². The summed E-state index contributed by atoms with van der Waals surface area (Å²) in [6, 6.07) is 3.00. The fraction of sp³-hybridized carbons (Fsp3) is 0.263. The SMILES string of the molecule is Cc1cc(F)c2c(c1)OC[C@H](N)C(=O)N2.Cl.Cl.N[C@H]1COc2cc(F)cc(F)c2NC1=O. The Morgan fingerprint density at radius 2 is 1.25 bits per heavy atom. The maximum Gasteiger partial charge on any atom is 0.244 e. The fourth-order valence-corrected chi connectivity index (χ4v) is 2.67. The first-order valence-electron chi connectivity index (χ1n) is 8.83. The average Bonchev–Trinajstić information content (AvgIpc) is 2.91. The molecule has 0 bridgehead atoms. The summed E-state index contributed by atoms with van der Waals surface area (Å²) in [5.41, 5.74) is 11.5. The van der Waals surface area contributed by atoms with Gasteiger partial charge in [0.15, 0.2) is 11.6 Å². The van der Waals surface area contributed by atoms with Crippen LogP contribution in [0.2, 0.25) is 0 Å². The monoisotopic (exact) mass is 496 g/mol. The Bertz CT molecular complexity index is 934. The van der Waals surface area contributed by atoms with Gasteiger partial charge in [-0.1, -0.05) is 0 Å². The van der Waals surface area contributed by atoms with Crippen molar-refractivity contribution in [2.75, 3.05) is 23.8 Å². The molecule has 0 aliphatic carbocycles. The number of ether oxygens (including phenoxy) is 2. The molecule has 32 heavy (non-hydrogen) atoms. The standard InChI is InChI=1S/C10H11FN2O2.C9H8F2N2O2.2ClH/c1-5-2-6(11)9-8(3-5)15-4-7(12)10(14)13-9;10-4-1-5(11)8-7(2-4)15-3-6(12)9(14)13-8;;/h2-3,7H,4,12H2,1H3,(H,13,14);1-2,6H,3,12H2,(H,13,14);2*1H/t7-;6-;;/m00../s1. The van der Waals surface area contributed by atoms with Crippen LogP contribution in [0.1, 0.15) is 5.56 Å². The Hall–Kier alpha value is -2.73. The lowest BCUT2D eigenvalue weighted by atomic mass is 10.2. The van der Waals surface area contributed by atoms with Gasteiger partial charge >= 0.3 is 0 Å². The maximum absolute atomic E-state index is 13.5. The lowest BCUT2D eigenvalue weighted by molar-refractivity contribution is -0.118. The summed E-state index contributed by atoms with van der Waals surface area (Å²) in [5, 5.41) is 4.64. The van der Waals surface area contributed by atoms with Crippen molar-refractivity contribution in [2.24, 2.45) is 11.5 Å². The van der Waals surface area contributed by atoms with E-state index in [9.17, 15) is 22.8 Å². The number of nitrogens with one attached hydrogen (secondary N) is 2. The lowest BCUT2D eigenvalue weighted by Gasteiger charge is -2.08. The molecule has 176 valence electrons. The van der Waals surface area contributed by atoms with E-state index in [0.29, 0.717) is 11.8 Å². The van der Waals surface area contributed by atoms with Crippen LogP contribution in [0.4, 0.5) is 24.5 Å². The molecule has 2 aliphatic heterocycles. The van der Waals surface area contributed by atoms with Gasteiger partial charge in [0.1, 0.15) is 54.0 Å². The molecule has 4 rings (SSSR count). The van der Waals surface area contributed by atoms with Crippen molar-refractivity contribution in [2.45, 2.75) is 19.0 Å². The van der Waals surface area contributed by atoms with Gasteiger partial charge in [0, 0.05) is 12.1 Å². The third-order valence-corrected chi connectivity index (χ3v) is 4.22. The first-order chi connectivity index (χ1) is 14.2. The van der Waals surface area contributed by atoms with Gasteiger partial charge in [-0.25, -0.2) is 13.2 Å². The molecule has 13 heteroatoms. The molecule has 0 saturated carbocycles. The zero-order valence-electron chi connectivity index (χ0n) is 16.6. The molecule has 2 aliphatic rings. The molecule has 2 aromatic rings. The van der Waals surface area contributed by atoms with Gasteiger partial charge in [-0.3, -0.25) is 9.59 Å². The quantitative estimate of drug-likeness (QED) is 0.442. The van der Waals surface area contributed by atoms with Crippen LogP contribution in [0.15, 0.2) is 24.3 Å². The zero-order valence-corrected chi connectivity index (χ0v) is 18.2. The van der Waals surface area contributed by atoms with E-state index in [1.54, 1.807) is 13.0 Å². The molecular weight excluding hydrogens is 476 g/mol. The number of halogens is 5. The predicted octanol–water partition coefficient (Wildman–Crippen LogP) is 2.26. The molecule has 6 N–H and O–H groups in total. The van der Waals surface area contributed by atoms with E-state index in [4.69, 9.17) is 20.9 Å². The van der Waals surface area contributed by atoms with Gasteiger partial charge in [0.2, 0.25) is 11.8 Å². The minimum atomic E-state index is -0.889. The predicted molar refractivity (Wildman–Crippen MR) is 116 cm³/mol. The van der Waals surface area contributed by atoms with Crippen LogP contribution in [-0.4, -0.2) is 37.1 Å². The van der Waals surface area contributed by atoms with E-state index >= 15 is 0 Å². The number of carbonyl (C=O) groups excluding carboxylic acids is 2. The second-order valence-corrected chi connectivity index (χ2v) is 6.69. The highest BCUT2D eigenvalue weighted by atomic mass is 35.5. The number of carbonyl (C=O) groups is 2. The normalized spacial score (nSPS) is 18.7. The summed E-state index contributed by atoms with van der Waals surface area (Å²) in [4.78, 5) is 22.6. The molecule has 0 aromatic heterocycles. The summed E-state index contributed by atoms with van der Waals surface area (Å²) in [6.07, 6.45) is 0. The first-order valence-corrected chi connectivity index (χ1v) is 8.83. The Labute approximate surface area is 193 Å². The molecule has 0 unspecified atom stereocenters. The third kappa shape index (κ3) is 6.16. The van der Waals surface area contributed by atoms with Gasteiger partial charge in [-0.05, 0) is 24.6 Å². The van der Waals surface area contributed by atoms with Crippen LogP contribution < -0.4 is 31.6 Å². The van der Waals surface area contributed by atoms with Crippen molar-refractivity contribution in [1.29, 1.82) is 0 Å². The second-order valence-electron chi connectivity index (χ2n) is 6.69. The number of anilines is 2. The minimum absolute atomic E-state index is 0. The highest BCUT2D eigenvalue weighted by Crippen LogP contribution is 2.31. The van der Waals surface area contributed by atoms with Gasteiger partial charge in [0.25, 0.3) is 0 Å². The number of hydrogen-bond donors (Lipinski definition) is 4. The van der Waals surface area contributed by atoms with Crippen LogP contribution in [0.3, 0.4) is 0 Å². The first kappa shape index (κ1) is 27.3. The number of hydrogen-bond acceptors (Lipinski definition) is 6. The Morgan fingerprint density at radius 3 is 1.75 bits per heavy atom. The van der Waals surface area contributed by atoms with E-state index in [2.05, 4.69) is 10.6 Å². The van der Waals surface area contributed by atoms with Gasteiger partial charge < -0.3 is 31.6 Å². The van der Waals surface area contributed by atoms with Crippen LogP contribution in [0, 0.1) is 24.4 Å². The highest BCUT2D eigenvalue weighted by molar-refractivity contribution is 5.97. The highest BCUT2D eigenvalue weighted by Gasteiger charge is 2.25. The summed E-state index contributed by atoms with van der Waals surface area (Å²) in [7, 11) is 0. The van der Waals surface area contributed by atoms with Crippen molar-refractivity contribution in [1.82, 2.24) is 0 Å². The van der Waals surface area contributed by atoms with E-state index < -0.39 is 41.3 Å². The smallest absolute Gasteiger partial charge is 0.244 e. The number of benzene rings is 2. The number of amides is 2. The molecule has 2 aromatic carbocycles. The molecule has 2 amide bonds. The Kier molecular flexibility index (Phi) is 9.58. The van der Waals surface area contributed by atoms with Crippen molar-refractivity contribution >= 4 is 48.0 Å². The summed E-state index contributed by atoms with van der Waals surface area (Å²) < 4.78 is 49.8. The van der Waals surface area contributed by atoms with E-state index in [1.165, 1.54) is 6.07 Å². The van der Waals surface area contributed by atoms with Crippen molar-refractivity contribution < 1.29 is 32.2 Å². The molecule has 2 heterocycles. The van der Waals surface area contributed by atoms with Crippen molar-refractivity contribution in [3.63, 3.8) is 0 Å². The van der Waals surface area contributed by atoms with Crippen LogP contribution in [-0.2, 0) is 9.59 Å². The van der Waals surface area contributed by atoms with E-state index in [0.717, 1.165) is 11.6 Å². The molecule has 2 atom stereocenters. The van der Waals surface area contributed by atoms with E-state index in [1.807, 2.05) is 0 Å². The second kappa shape index (κ2) is 11.2. The molecular formula is C19H21Cl2F3N4O4. The lowest BCUT2D eigenvalue weighted by Crippen LogP contribution is -2.38. The zero-order chi connectivity index (χ0) is 22.0. The molecule has 0 spiro atoms. The summed E-state index contributed by atoms with van der Waals surface area (Å²) in [6.45, 7) is 1.70. The number of aryl methyl sites for hydroxylation is 1. The molecule has 0 radical (unpaired) electrons. The third-order valence-electron chi connectivity index (χ3n) is 4.22. The maximum atomic E-state index is 13.5. The van der Waals surface area contributed by atoms with Crippen LogP contribution in [0.5, 0.6) is 11.5 Å². The van der Waals surface area contributed by atoms with Gasteiger partial charge in [-0.15, -0.1) is 24.8 Å². The Balaban J connectivity index is 0.000000301. The molecule has 8 nitrogen and oxygen atoms in total. The summed E-state index contributed by atoms with van der Waals surface area (Å²) >= 11 is 0. The van der Waals surface area contributed by atoms with Gasteiger partial charge in [0.05, 0.1) is 0 Å². The van der Waals surface area contributed by atoms with E-state index in [-0.39, 0.29) is 55.2 Å². The summed E-state index contributed by atoms with van der Waals surface area (Å²) in [5.74, 6) is -2.87. The number of nitrogens with two attached hydrogens (primary N) is 2. The number of rotatable bonds is 0. The number of fused-ring (bicyclic) bond motifs is 2. The topological polar surface area (TPSA) is 129 Å². The minimum Gasteiger partial charge on any atom is -0.489 e. The largest absolute Gasteiger partial charge is 0.489 e. The fourth-order valence-electron chi connectivity index (χ4n) is 2.67.